The van der Waals surface area contributed by atoms with Crippen molar-refractivity contribution < 1.29 is 36.7 Å². The average Bonchev–Trinajstić information content (AvgIpc) is 3.33. The Morgan fingerprint density at radius 2 is 2.08 bits per heavy atom. The lowest BCUT2D eigenvalue weighted by atomic mass is 9.82. The van der Waals surface area contributed by atoms with Gasteiger partial charge in [-0.3, -0.25) is 13.8 Å². The van der Waals surface area contributed by atoms with Gasteiger partial charge in [0.25, 0.3) is 15.9 Å². The van der Waals surface area contributed by atoms with Crippen LogP contribution in [0.25, 0.3) is 6.08 Å². The highest BCUT2D eigenvalue weighted by atomic mass is 32.2. The number of esters is 1. The Balaban J connectivity index is 1.70. The minimum atomic E-state index is -4.11. The Kier molecular flexibility index (Phi) is 9.16. The van der Waals surface area contributed by atoms with E-state index in [-0.39, 0.29) is 48.5 Å². The molecule has 11 nitrogen and oxygen atoms in total. The fourth-order valence-electron chi connectivity index (χ4n) is 4.91. The third-order valence-corrected chi connectivity index (χ3v) is 8.47. The number of sulfonamides is 1. The van der Waals surface area contributed by atoms with E-state index in [0.717, 1.165) is 12.0 Å². The van der Waals surface area contributed by atoms with Crippen LogP contribution in [0.2, 0.25) is 0 Å². The van der Waals surface area contributed by atoms with Gasteiger partial charge in [0.15, 0.2) is 4.90 Å². The molecule has 2 aliphatic rings. The molecule has 0 N–H and O–H groups in total. The predicted octanol–water partition coefficient (Wildman–Crippen LogP) is 3.86. The summed E-state index contributed by atoms with van der Waals surface area (Å²) in [6.45, 7) is 10.5. The standard InChI is InChI=1S/C27H38BN3O8S/c1-7-30-18-24(26(29-30)36-8-2)40(33,34)31-17-21(10-12-25(32)35-6)37-23-11-9-20(15-22(23)31)13-14-28-38-19(3)16-27(4,5)39-28/h9,11,13-15,18-19,21H,7-8,10,12,16-17H2,1-6H3/b14-13+/t19?,21-/m0/s1. The van der Waals surface area contributed by atoms with Gasteiger partial charge in [0.2, 0.25) is 0 Å². The molecule has 0 spiro atoms. The van der Waals surface area contributed by atoms with Crippen molar-refractivity contribution in [3.05, 3.63) is 35.9 Å². The summed E-state index contributed by atoms with van der Waals surface area (Å²) in [4.78, 5) is 11.8. The van der Waals surface area contributed by atoms with Crippen LogP contribution in [-0.4, -0.2) is 69.4 Å². The van der Waals surface area contributed by atoms with Gasteiger partial charge in [-0.2, -0.15) is 0 Å². The summed E-state index contributed by atoms with van der Waals surface area (Å²) in [5.41, 5.74) is 0.803. The quantitative estimate of drug-likeness (QED) is 0.307. The first-order valence-electron chi connectivity index (χ1n) is 13.6. The summed E-state index contributed by atoms with van der Waals surface area (Å²) < 4.78 is 59.5. The van der Waals surface area contributed by atoms with Crippen molar-refractivity contribution >= 4 is 34.9 Å². The topological polar surface area (TPSA) is 118 Å². The number of carbonyl (C=O) groups excluding carboxylic acids is 1. The van der Waals surface area contributed by atoms with Gasteiger partial charge in [-0.1, -0.05) is 18.1 Å². The van der Waals surface area contributed by atoms with Crippen molar-refractivity contribution in [2.75, 3.05) is 24.6 Å². The van der Waals surface area contributed by atoms with Crippen molar-refractivity contribution in [2.45, 2.75) is 83.1 Å². The zero-order chi connectivity index (χ0) is 29.1. The number of aromatic nitrogens is 2. The lowest BCUT2D eigenvalue weighted by Crippen LogP contribution is -2.45. The minimum Gasteiger partial charge on any atom is -0.486 e. The number of aryl methyl sites for hydroxylation is 1. The number of carbonyl (C=O) groups is 1. The molecule has 3 heterocycles. The smallest absolute Gasteiger partial charge is 0.486 e. The number of anilines is 1. The van der Waals surface area contributed by atoms with Gasteiger partial charge in [0.05, 0.1) is 31.5 Å². The zero-order valence-corrected chi connectivity index (χ0v) is 24.8. The number of ether oxygens (including phenoxy) is 3. The molecule has 40 heavy (non-hydrogen) atoms. The lowest BCUT2D eigenvalue weighted by molar-refractivity contribution is -0.141. The zero-order valence-electron chi connectivity index (χ0n) is 24.0. The van der Waals surface area contributed by atoms with E-state index < -0.39 is 29.2 Å². The molecule has 1 unspecified atom stereocenters. The highest BCUT2D eigenvalue weighted by molar-refractivity contribution is 7.93. The maximum absolute atomic E-state index is 14.1. The Bertz CT molecular complexity index is 1340. The van der Waals surface area contributed by atoms with Crippen molar-refractivity contribution in [2.24, 2.45) is 0 Å². The molecule has 2 atom stereocenters. The number of fused-ring (bicyclic) bond motifs is 1. The second kappa shape index (κ2) is 12.2. The van der Waals surface area contributed by atoms with Crippen LogP contribution >= 0.6 is 0 Å². The van der Waals surface area contributed by atoms with Crippen molar-refractivity contribution in [1.29, 1.82) is 0 Å². The van der Waals surface area contributed by atoms with Gasteiger partial charge in [-0.15, -0.1) is 5.10 Å². The molecule has 2 aliphatic heterocycles. The number of methoxy groups -OCH3 is 1. The van der Waals surface area contributed by atoms with E-state index in [1.165, 1.54) is 22.3 Å². The van der Waals surface area contributed by atoms with Crippen LogP contribution in [0.5, 0.6) is 11.6 Å². The molecular weight excluding hydrogens is 537 g/mol. The van der Waals surface area contributed by atoms with E-state index in [4.69, 9.17) is 23.5 Å². The van der Waals surface area contributed by atoms with Crippen LogP contribution in [0.1, 0.15) is 59.4 Å². The van der Waals surface area contributed by atoms with E-state index in [2.05, 4.69) is 5.10 Å². The molecular formula is C27H38BN3O8S. The van der Waals surface area contributed by atoms with Gasteiger partial charge in [-0.25, -0.2) is 8.42 Å². The largest absolute Gasteiger partial charge is 0.486 e. The molecule has 0 bridgehead atoms. The minimum absolute atomic E-state index is 0.00289. The average molecular weight is 575 g/mol. The van der Waals surface area contributed by atoms with Crippen LogP contribution in [0.4, 0.5) is 5.69 Å². The van der Waals surface area contributed by atoms with Gasteiger partial charge >= 0.3 is 13.1 Å². The number of rotatable bonds is 10. The normalized spacial score (nSPS) is 20.8. The summed E-state index contributed by atoms with van der Waals surface area (Å²) in [5, 5.41) is 4.30. The molecule has 0 amide bonds. The molecule has 1 fully saturated rings. The second-order valence-corrected chi connectivity index (χ2v) is 12.3. The molecule has 2 aromatic rings. The van der Waals surface area contributed by atoms with Gasteiger partial charge in [-0.05, 0) is 65.2 Å². The van der Waals surface area contributed by atoms with E-state index in [9.17, 15) is 13.2 Å². The molecule has 0 radical (unpaired) electrons. The van der Waals surface area contributed by atoms with Crippen molar-refractivity contribution in [3.8, 4) is 11.6 Å². The van der Waals surface area contributed by atoms with Gasteiger partial charge < -0.3 is 23.5 Å². The summed E-state index contributed by atoms with van der Waals surface area (Å²) in [6.07, 6.45) is 3.97. The molecule has 0 aliphatic carbocycles. The van der Waals surface area contributed by atoms with Crippen LogP contribution in [0.3, 0.4) is 0 Å². The third-order valence-electron chi connectivity index (χ3n) is 6.71. The van der Waals surface area contributed by atoms with Gasteiger partial charge in [0.1, 0.15) is 11.9 Å². The van der Waals surface area contributed by atoms with Crippen LogP contribution in [0, 0.1) is 0 Å². The van der Waals surface area contributed by atoms with E-state index in [1.54, 1.807) is 19.1 Å². The summed E-state index contributed by atoms with van der Waals surface area (Å²) in [6, 6.07) is 5.32. The maximum atomic E-state index is 14.1. The maximum Gasteiger partial charge on any atom is 0.486 e. The van der Waals surface area contributed by atoms with Crippen LogP contribution in [0.15, 0.2) is 35.3 Å². The Morgan fingerprint density at radius 3 is 2.75 bits per heavy atom. The van der Waals surface area contributed by atoms with Crippen LogP contribution < -0.4 is 13.8 Å². The number of hydrogen-bond donors (Lipinski definition) is 0. The van der Waals surface area contributed by atoms with Crippen molar-refractivity contribution in [3.63, 3.8) is 0 Å². The first-order chi connectivity index (χ1) is 19.0. The highest BCUT2D eigenvalue weighted by Gasteiger charge is 2.38. The Morgan fingerprint density at radius 1 is 1.30 bits per heavy atom. The number of hydrogen-bond acceptors (Lipinski definition) is 9. The molecule has 1 saturated heterocycles. The molecule has 1 aromatic carbocycles. The molecule has 0 saturated carbocycles. The third kappa shape index (κ3) is 6.81. The number of benzene rings is 1. The fourth-order valence-corrected chi connectivity index (χ4v) is 6.48. The molecule has 4 rings (SSSR count). The first-order valence-corrected chi connectivity index (χ1v) is 15.0. The van der Waals surface area contributed by atoms with Crippen LogP contribution in [-0.2, 0) is 35.4 Å². The summed E-state index contributed by atoms with van der Waals surface area (Å²) >= 11 is 0. The Hall–Kier alpha value is -3.03. The molecule has 218 valence electrons. The fraction of sp³-hybridized carbons (Fsp3) is 0.556. The highest BCUT2D eigenvalue weighted by Crippen LogP contribution is 2.40. The first kappa shape index (κ1) is 29.9. The molecule has 1 aromatic heterocycles. The Labute approximate surface area is 236 Å². The van der Waals surface area contributed by atoms with Crippen molar-refractivity contribution in [1.82, 2.24) is 9.78 Å². The summed E-state index contributed by atoms with van der Waals surface area (Å²) in [5.74, 6) is 1.86. The lowest BCUT2D eigenvalue weighted by Gasteiger charge is -2.37. The second-order valence-electron chi connectivity index (χ2n) is 10.5. The summed E-state index contributed by atoms with van der Waals surface area (Å²) in [7, 11) is -3.32. The van der Waals surface area contributed by atoms with E-state index >= 15 is 0 Å². The monoisotopic (exact) mass is 575 g/mol. The molecule has 13 heteroatoms. The van der Waals surface area contributed by atoms with Gasteiger partial charge in [0, 0.05) is 25.3 Å². The van der Waals surface area contributed by atoms with E-state index in [1.807, 2.05) is 45.8 Å². The SMILES string of the molecule is CCOc1nn(CC)cc1S(=O)(=O)N1C[C@H](CCC(=O)OC)Oc2ccc(/C=C/B3OC(C)CC(C)(C)O3)cc21. The van der Waals surface area contributed by atoms with E-state index in [0.29, 0.717) is 18.0 Å². The number of nitrogens with zero attached hydrogens (tertiary/aromatic N) is 3. The predicted molar refractivity (Wildman–Crippen MR) is 151 cm³/mol.